The molecule has 600 valence electrons. The molecule has 25 saturated carbocycles. The smallest absolute Gasteiger partial charge is 0.0533 e. The second-order valence-electron chi connectivity index (χ2n) is 35.4. The van der Waals surface area contributed by atoms with Crippen molar-refractivity contribution < 1.29 is 0 Å². The van der Waals surface area contributed by atoms with Crippen molar-refractivity contribution in [3.8, 4) is 0 Å². The predicted molar refractivity (Wildman–Crippen MR) is 462 cm³/mol. The average Bonchev–Trinajstić information content (AvgIpc) is 3.03. The van der Waals surface area contributed by atoms with Crippen LogP contribution in [0.3, 0.4) is 0 Å². The molecule has 0 heterocycles. The van der Waals surface area contributed by atoms with E-state index in [1.807, 2.05) is 0 Å². The molecule has 0 aromatic heterocycles. The molecule has 0 heteroatoms. The molecule has 0 aromatic rings. The van der Waals surface area contributed by atoms with Crippen LogP contribution < -0.4 is 0 Å². The minimum atomic E-state index is 1.50. The second-order valence-corrected chi connectivity index (χ2v) is 35.4. The molecular formula is C100H200. The highest BCUT2D eigenvalue weighted by atomic mass is 14.1. The van der Waals surface area contributed by atoms with Gasteiger partial charge in [0.15, 0.2) is 0 Å². The lowest BCUT2D eigenvalue weighted by atomic mass is 10.0. The van der Waals surface area contributed by atoms with Crippen molar-refractivity contribution in [1.29, 1.82) is 0 Å². The molecule has 0 bridgehead atoms. The van der Waals surface area contributed by atoms with E-state index in [1.54, 1.807) is 0 Å². The van der Waals surface area contributed by atoms with E-state index < -0.39 is 0 Å². The van der Waals surface area contributed by atoms with Crippen LogP contribution in [0.4, 0.5) is 0 Å². The lowest BCUT2D eigenvalue weighted by Crippen LogP contribution is -1.85. The van der Waals surface area contributed by atoms with Gasteiger partial charge in [-0.25, -0.2) is 0 Å². The van der Waals surface area contributed by atoms with Crippen LogP contribution in [0.15, 0.2) is 0 Å². The summed E-state index contributed by atoms with van der Waals surface area (Å²) < 4.78 is 0. The molecule has 0 aliphatic heterocycles. The summed E-state index contributed by atoms with van der Waals surface area (Å²) >= 11 is 0. The first-order chi connectivity index (χ1) is 50.0. The van der Waals surface area contributed by atoms with Crippen molar-refractivity contribution >= 4 is 0 Å². The standard InChI is InChI=1S/25C4H8/c25*1-2-4-3-1/h25*1-4H2. The molecule has 0 spiro atoms. The van der Waals surface area contributed by atoms with E-state index in [4.69, 9.17) is 0 Å². The van der Waals surface area contributed by atoms with E-state index in [-0.39, 0.29) is 0 Å². The zero-order chi connectivity index (χ0) is 70.7. The first-order valence-electron chi connectivity index (χ1n) is 50.0. The summed E-state index contributed by atoms with van der Waals surface area (Å²) in [5.41, 5.74) is 0. The zero-order valence-corrected chi connectivity index (χ0v) is 70.7. The number of hydrogen-bond acceptors (Lipinski definition) is 0. The quantitative estimate of drug-likeness (QED) is 0.227. The number of rotatable bonds is 0. The van der Waals surface area contributed by atoms with Crippen molar-refractivity contribution in [1.82, 2.24) is 0 Å². The minimum absolute atomic E-state index is 1.50. The molecule has 0 atom stereocenters. The fourth-order valence-electron chi connectivity index (χ4n) is 6.25. The Morgan fingerprint density at radius 2 is 0.0300 bits per heavy atom. The van der Waals surface area contributed by atoms with Crippen molar-refractivity contribution in [3.05, 3.63) is 0 Å². The minimum Gasteiger partial charge on any atom is -0.0533 e. The van der Waals surface area contributed by atoms with Crippen molar-refractivity contribution in [2.75, 3.05) is 0 Å². The van der Waals surface area contributed by atoms with E-state index in [1.165, 1.54) is 642 Å². The van der Waals surface area contributed by atoms with Gasteiger partial charge in [0.25, 0.3) is 0 Å². The summed E-state index contributed by atoms with van der Waals surface area (Å²) in [7, 11) is 0. The van der Waals surface area contributed by atoms with Crippen molar-refractivity contribution in [2.45, 2.75) is 642 Å². The predicted octanol–water partition coefficient (Wildman–Crippen LogP) is 39.0. The summed E-state index contributed by atoms with van der Waals surface area (Å²) in [6, 6.07) is 0. The molecule has 25 fully saturated rings. The Bertz CT molecular complexity index is 664. The maximum absolute atomic E-state index is 1.50. The highest BCUT2D eigenvalue weighted by Gasteiger charge is 2.04. The molecule has 25 rings (SSSR count). The Kier molecular flexibility index (Phi) is 93.2. The van der Waals surface area contributed by atoms with Gasteiger partial charge in [-0.2, -0.15) is 0 Å². The Balaban J connectivity index is 0.000000521. The molecule has 25 aliphatic carbocycles. The van der Waals surface area contributed by atoms with Gasteiger partial charge in [0.1, 0.15) is 0 Å². The Labute approximate surface area is 638 Å². The monoisotopic (exact) mass is 1400 g/mol. The maximum atomic E-state index is 1.50. The van der Waals surface area contributed by atoms with Crippen molar-refractivity contribution in [2.24, 2.45) is 0 Å². The third-order valence-electron chi connectivity index (χ3n) is 25.0. The van der Waals surface area contributed by atoms with Gasteiger partial charge in [0.2, 0.25) is 0 Å². The highest BCUT2D eigenvalue weighted by molar-refractivity contribution is 4.60. The van der Waals surface area contributed by atoms with E-state index in [9.17, 15) is 0 Å². The van der Waals surface area contributed by atoms with Gasteiger partial charge in [-0.05, 0) is 0 Å². The van der Waals surface area contributed by atoms with Crippen LogP contribution in [0.25, 0.3) is 0 Å². The van der Waals surface area contributed by atoms with Gasteiger partial charge in [0.05, 0.1) is 0 Å². The molecule has 0 radical (unpaired) electrons. The molecule has 0 unspecified atom stereocenters. The molecule has 100 heavy (non-hydrogen) atoms. The fraction of sp³-hybridized carbons (Fsp3) is 1.00. The van der Waals surface area contributed by atoms with Crippen LogP contribution in [0.5, 0.6) is 0 Å². The second kappa shape index (κ2) is 95.1. The summed E-state index contributed by atoms with van der Waals surface area (Å²) in [4.78, 5) is 0. The first-order valence-corrected chi connectivity index (χ1v) is 50.0. The van der Waals surface area contributed by atoms with E-state index in [0.29, 0.717) is 0 Å². The topological polar surface area (TPSA) is 0 Å². The van der Waals surface area contributed by atoms with E-state index in [0.717, 1.165) is 0 Å². The molecule has 0 saturated heterocycles. The van der Waals surface area contributed by atoms with Crippen LogP contribution >= 0.6 is 0 Å². The van der Waals surface area contributed by atoms with Crippen LogP contribution in [0.1, 0.15) is 642 Å². The van der Waals surface area contributed by atoms with Crippen LogP contribution in [0, 0.1) is 0 Å². The van der Waals surface area contributed by atoms with E-state index in [2.05, 4.69) is 0 Å². The Hall–Kier alpha value is 0. The molecule has 0 amide bonds. The van der Waals surface area contributed by atoms with Gasteiger partial charge in [0, 0.05) is 0 Å². The summed E-state index contributed by atoms with van der Waals surface area (Å²) in [6.07, 6.45) is 150. The summed E-state index contributed by atoms with van der Waals surface area (Å²) in [5.74, 6) is 0. The highest BCUT2D eigenvalue weighted by Crippen LogP contribution is 2.24. The van der Waals surface area contributed by atoms with Crippen molar-refractivity contribution in [3.63, 3.8) is 0 Å². The van der Waals surface area contributed by atoms with E-state index >= 15 is 0 Å². The zero-order valence-electron chi connectivity index (χ0n) is 70.7. The number of hydrogen-bond donors (Lipinski definition) is 0. The largest absolute Gasteiger partial charge is 0.0533 e. The normalized spacial score (nSPS) is 24.0. The molecule has 0 N–H and O–H groups in total. The SMILES string of the molecule is C1CCC1.C1CCC1.C1CCC1.C1CCC1.C1CCC1.C1CCC1.C1CCC1.C1CCC1.C1CCC1.C1CCC1.C1CCC1.C1CCC1.C1CCC1.C1CCC1.C1CCC1.C1CCC1.C1CCC1.C1CCC1.C1CCC1.C1CCC1.C1CCC1.C1CCC1.C1CCC1.C1CCC1.C1CCC1. The van der Waals surface area contributed by atoms with Gasteiger partial charge >= 0.3 is 0 Å². The maximum Gasteiger partial charge on any atom is -0.0533 e. The summed E-state index contributed by atoms with van der Waals surface area (Å²) in [5, 5.41) is 0. The van der Waals surface area contributed by atoms with Gasteiger partial charge in [-0.1, -0.05) is 642 Å². The average molecular weight is 1400 g/mol. The molecule has 0 aromatic carbocycles. The van der Waals surface area contributed by atoms with Gasteiger partial charge in [-0.3, -0.25) is 0 Å². The van der Waals surface area contributed by atoms with Crippen LogP contribution in [0.2, 0.25) is 0 Å². The summed E-state index contributed by atoms with van der Waals surface area (Å²) in [6.45, 7) is 0. The van der Waals surface area contributed by atoms with Crippen LogP contribution in [-0.4, -0.2) is 0 Å². The Morgan fingerprint density at radius 1 is 0.0200 bits per heavy atom. The lowest BCUT2D eigenvalue weighted by molar-refractivity contribution is 0.504. The third kappa shape index (κ3) is 92.2. The Morgan fingerprint density at radius 3 is 0.0300 bits per heavy atom. The molecular weight excluding hydrogens is 1200 g/mol. The molecule has 25 aliphatic rings. The first kappa shape index (κ1) is 98.0. The third-order valence-corrected chi connectivity index (χ3v) is 25.0. The van der Waals surface area contributed by atoms with Gasteiger partial charge in [-0.15, -0.1) is 0 Å². The molecule has 0 nitrogen and oxygen atoms in total. The van der Waals surface area contributed by atoms with Crippen LogP contribution in [-0.2, 0) is 0 Å². The fourth-order valence-corrected chi connectivity index (χ4v) is 6.25. The van der Waals surface area contributed by atoms with Gasteiger partial charge < -0.3 is 0 Å². The lowest BCUT2D eigenvalue weighted by Gasteiger charge is -2.05.